The monoisotopic (exact) mass is 390 g/mol. The summed E-state index contributed by atoms with van der Waals surface area (Å²) >= 11 is 11.8. The number of furan rings is 1. The highest BCUT2D eigenvalue weighted by molar-refractivity contribution is 6.36. The third-order valence-corrected chi connectivity index (χ3v) is 4.52. The van der Waals surface area contributed by atoms with Crippen molar-refractivity contribution in [2.75, 3.05) is 0 Å². The highest BCUT2D eigenvalue weighted by Gasteiger charge is 2.14. The van der Waals surface area contributed by atoms with Gasteiger partial charge in [-0.1, -0.05) is 36.2 Å². The summed E-state index contributed by atoms with van der Waals surface area (Å²) < 4.78 is 5.47. The van der Waals surface area contributed by atoms with Crippen LogP contribution in [0.25, 0.3) is 11.0 Å². The van der Waals surface area contributed by atoms with Crippen molar-refractivity contribution in [3.8, 4) is 0 Å². The molecule has 5 nitrogen and oxygen atoms in total. The lowest BCUT2D eigenvalue weighted by Crippen LogP contribution is -2.42. The van der Waals surface area contributed by atoms with Gasteiger partial charge in [-0.05, 0) is 42.3 Å². The molecule has 7 heteroatoms. The number of hydrazine groups is 1. The van der Waals surface area contributed by atoms with Crippen molar-refractivity contribution in [2.45, 2.75) is 19.8 Å². The lowest BCUT2D eigenvalue weighted by atomic mass is 10.1. The molecule has 0 atom stereocenters. The number of nitrogens with one attached hydrogen (secondary N) is 2. The fourth-order valence-electron chi connectivity index (χ4n) is 2.57. The molecule has 0 aliphatic rings. The van der Waals surface area contributed by atoms with Crippen LogP contribution in [0.2, 0.25) is 10.0 Å². The first-order valence-electron chi connectivity index (χ1n) is 8.01. The average molecular weight is 391 g/mol. The predicted molar refractivity (Wildman–Crippen MR) is 101 cm³/mol. The van der Waals surface area contributed by atoms with E-state index in [1.165, 1.54) is 12.1 Å². The van der Waals surface area contributed by atoms with Crippen LogP contribution in [0.3, 0.4) is 0 Å². The number of amides is 2. The van der Waals surface area contributed by atoms with Gasteiger partial charge in [0, 0.05) is 16.0 Å². The van der Waals surface area contributed by atoms with Gasteiger partial charge in [0.25, 0.3) is 5.91 Å². The third-order valence-electron chi connectivity index (χ3n) is 3.97. The highest BCUT2D eigenvalue weighted by Crippen LogP contribution is 2.23. The van der Waals surface area contributed by atoms with E-state index < -0.39 is 5.91 Å². The first-order valence-corrected chi connectivity index (χ1v) is 8.76. The van der Waals surface area contributed by atoms with Crippen LogP contribution in [0.1, 0.15) is 28.4 Å². The minimum atomic E-state index is -0.523. The SMILES string of the molecule is CCc1ccc2occ(CC(=O)NNC(=O)c3ccc(Cl)cc3Cl)c2c1. The molecule has 0 unspecified atom stereocenters. The van der Waals surface area contributed by atoms with E-state index in [2.05, 4.69) is 17.8 Å². The van der Waals surface area contributed by atoms with Gasteiger partial charge in [-0.3, -0.25) is 20.4 Å². The van der Waals surface area contributed by atoms with Crippen LogP contribution in [-0.2, 0) is 17.6 Å². The number of rotatable bonds is 4. The molecule has 1 heterocycles. The Morgan fingerprint density at radius 2 is 1.88 bits per heavy atom. The molecule has 26 heavy (non-hydrogen) atoms. The molecule has 0 aliphatic carbocycles. The Morgan fingerprint density at radius 1 is 1.08 bits per heavy atom. The fourth-order valence-corrected chi connectivity index (χ4v) is 3.06. The first kappa shape index (κ1) is 18.3. The molecule has 0 saturated carbocycles. The first-order chi connectivity index (χ1) is 12.5. The van der Waals surface area contributed by atoms with Gasteiger partial charge in [-0.2, -0.15) is 0 Å². The van der Waals surface area contributed by atoms with E-state index >= 15 is 0 Å². The molecule has 3 rings (SSSR count). The van der Waals surface area contributed by atoms with Crippen molar-refractivity contribution in [1.82, 2.24) is 10.9 Å². The van der Waals surface area contributed by atoms with Gasteiger partial charge >= 0.3 is 0 Å². The minimum absolute atomic E-state index is 0.0782. The number of benzene rings is 2. The molecule has 2 aromatic carbocycles. The quantitative estimate of drug-likeness (QED) is 0.652. The summed E-state index contributed by atoms with van der Waals surface area (Å²) in [6.45, 7) is 2.06. The Hall–Kier alpha value is -2.50. The van der Waals surface area contributed by atoms with Crippen molar-refractivity contribution in [3.63, 3.8) is 0 Å². The summed E-state index contributed by atoms with van der Waals surface area (Å²) in [7, 11) is 0. The van der Waals surface area contributed by atoms with Gasteiger partial charge in [0.1, 0.15) is 5.58 Å². The van der Waals surface area contributed by atoms with Crippen LogP contribution in [0.5, 0.6) is 0 Å². The zero-order chi connectivity index (χ0) is 18.7. The standard InChI is InChI=1S/C19H16Cl2N2O3/c1-2-11-3-6-17-15(7-11)12(10-26-17)8-18(24)22-23-19(25)14-5-4-13(20)9-16(14)21/h3-7,9-10H,2,8H2,1H3,(H,22,24)(H,23,25). The van der Waals surface area contributed by atoms with Crippen LogP contribution in [-0.4, -0.2) is 11.8 Å². The number of carbonyl (C=O) groups excluding carboxylic acids is 2. The second-order valence-electron chi connectivity index (χ2n) is 5.75. The third kappa shape index (κ3) is 4.00. The summed E-state index contributed by atoms with van der Waals surface area (Å²) in [6, 6.07) is 10.4. The predicted octanol–water partition coefficient (Wildman–Crippen LogP) is 4.31. The zero-order valence-corrected chi connectivity index (χ0v) is 15.4. The summed E-state index contributed by atoms with van der Waals surface area (Å²) in [6.07, 6.45) is 2.53. The second kappa shape index (κ2) is 7.81. The molecule has 0 spiro atoms. The van der Waals surface area contributed by atoms with Crippen LogP contribution < -0.4 is 10.9 Å². The van der Waals surface area contributed by atoms with E-state index in [0.29, 0.717) is 5.02 Å². The molecule has 2 N–H and O–H groups in total. The van der Waals surface area contributed by atoms with Gasteiger partial charge in [0.05, 0.1) is 23.3 Å². The molecule has 0 radical (unpaired) electrons. The Balaban J connectivity index is 1.65. The summed E-state index contributed by atoms with van der Waals surface area (Å²) in [5.74, 6) is -0.890. The van der Waals surface area contributed by atoms with Crippen LogP contribution >= 0.6 is 23.2 Å². The van der Waals surface area contributed by atoms with Crippen molar-refractivity contribution in [2.24, 2.45) is 0 Å². The van der Waals surface area contributed by atoms with Crippen molar-refractivity contribution in [3.05, 3.63) is 69.4 Å². The van der Waals surface area contributed by atoms with Gasteiger partial charge in [-0.25, -0.2) is 0 Å². The van der Waals surface area contributed by atoms with Crippen molar-refractivity contribution >= 4 is 46.0 Å². The van der Waals surface area contributed by atoms with Gasteiger partial charge < -0.3 is 4.42 Å². The largest absolute Gasteiger partial charge is 0.464 e. The maximum Gasteiger partial charge on any atom is 0.271 e. The lowest BCUT2D eigenvalue weighted by molar-refractivity contribution is -0.121. The molecule has 0 bridgehead atoms. The van der Waals surface area contributed by atoms with E-state index in [9.17, 15) is 9.59 Å². The number of carbonyl (C=O) groups is 2. The molecule has 134 valence electrons. The highest BCUT2D eigenvalue weighted by atomic mass is 35.5. The van der Waals surface area contributed by atoms with Crippen molar-refractivity contribution < 1.29 is 14.0 Å². The van der Waals surface area contributed by atoms with Gasteiger partial charge in [0.2, 0.25) is 5.91 Å². The number of hydrogen-bond donors (Lipinski definition) is 2. The molecule has 2 amide bonds. The summed E-state index contributed by atoms with van der Waals surface area (Å²) in [4.78, 5) is 24.3. The Bertz CT molecular complexity index is 982. The average Bonchev–Trinajstić information content (AvgIpc) is 3.01. The maximum atomic E-state index is 12.2. The minimum Gasteiger partial charge on any atom is -0.464 e. The number of fused-ring (bicyclic) bond motifs is 1. The van der Waals surface area contributed by atoms with E-state index in [-0.39, 0.29) is 22.9 Å². The van der Waals surface area contributed by atoms with Crippen LogP contribution in [0.15, 0.2) is 47.1 Å². The number of hydrogen-bond acceptors (Lipinski definition) is 3. The van der Waals surface area contributed by atoms with Crippen molar-refractivity contribution in [1.29, 1.82) is 0 Å². The smallest absolute Gasteiger partial charge is 0.271 e. The molecule has 3 aromatic rings. The fraction of sp³-hybridized carbons (Fsp3) is 0.158. The molecule has 0 fully saturated rings. The Morgan fingerprint density at radius 3 is 2.62 bits per heavy atom. The normalized spacial score (nSPS) is 10.7. The Labute approximate surface area is 160 Å². The van der Waals surface area contributed by atoms with Gasteiger partial charge in [-0.15, -0.1) is 0 Å². The topological polar surface area (TPSA) is 71.3 Å². The number of aryl methyl sites for hydroxylation is 1. The molecular formula is C19H16Cl2N2O3. The molecule has 0 aliphatic heterocycles. The van der Waals surface area contributed by atoms with Crippen LogP contribution in [0.4, 0.5) is 0 Å². The molecular weight excluding hydrogens is 375 g/mol. The summed E-state index contributed by atoms with van der Waals surface area (Å²) in [5, 5.41) is 1.53. The van der Waals surface area contributed by atoms with Crippen LogP contribution in [0, 0.1) is 0 Å². The molecule has 1 aromatic heterocycles. The van der Waals surface area contributed by atoms with E-state index in [1.807, 2.05) is 18.2 Å². The Kier molecular flexibility index (Phi) is 5.49. The van der Waals surface area contributed by atoms with Gasteiger partial charge in [0.15, 0.2) is 0 Å². The van der Waals surface area contributed by atoms with E-state index in [4.69, 9.17) is 27.6 Å². The lowest BCUT2D eigenvalue weighted by Gasteiger charge is -2.08. The van der Waals surface area contributed by atoms with E-state index in [0.717, 1.165) is 28.5 Å². The molecule has 0 saturated heterocycles. The summed E-state index contributed by atoms with van der Waals surface area (Å²) in [5.41, 5.74) is 7.59. The number of halogens is 2. The second-order valence-corrected chi connectivity index (χ2v) is 6.59. The maximum absolute atomic E-state index is 12.2. The van der Waals surface area contributed by atoms with E-state index in [1.54, 1.807) is 12.3 Å². The zero-order valence-electron chi connectivity index (χ0n) is 13.9.